The Morgan fingerprint density at radius 1 is 1.17 bits per heavy atom. The standard InChI is InChI=1S/C18H28N4O/c1-13-20-17-8-3-2-7-16(17)18(21-13)19-10-15-11-22-9-5-4-6-14(22)12-23-15/h14-15H,2-12H2,1H3,(H,19,20,21). The van der Waals surface area contributed by atoms with E-state index in [0.29, 0.717) is 6.04 Å². The van der Waals surface area contributed by atoms with Crippen LogP contribution in [0.2, 0.25) is 0 Å². The second-order valence-electron chi connectivity index (χ2n) is 7.23. The molecule has 3 heterocycles. The Balaban J connectivity index is 1.40. The maximum atomic E-state index is 6.10. The van der Waals surface area contributed by atoms with Crippen molar-refractivity contribution in [3.8, 4) is 0 Å². The van der Waals surface area contributed by atoms with Crippen LogP contribution in [-0.4, -0.2) is 53.3 Å². The van der Waals surface area contributed by atoms with E-state index < -0.39 is 0 Å². The maximum absolute atomic E-state index is 6.10. The SMILES string of the molecule is Cc1nc2c(c(NCC3CN4CCCCC4CO3)n1)CCCC2. The van der Waals surface area contributed by atoms with E-state index in [2.05, 4.69) is 20.2 Å². The van der Waals surface area contributed by atoms with Crippen molar-refractivity contribution in [3.05, 3.63) is 17.1 Å². The van der Waals surface area contributed by atoms with Gasteiger partial charge in [-0.15, -0.1) is 0 Å². The van der Waals surface area contributed by atoms with Crippen molar-refractivity contribution in [3.63, 3.8) is 0 Å². The van der Waals surface area contributed by atoms with Gasteiger partial charge in [-0.25, -0.2) is 9.97 Å². The minimum absolute atomic E-state index is 0.277. The zero-order chi connectivity index (χ0) is 15.6. The molecule has 1 N–H and O–H groups in total. The topological polar surface area (TPSA) is 50.3 Å². The predicted octanol–water partition coefficient (Wildman–Crippen LogP) is 2.33. The first-order valence-corrected chi connectivity index (χ1v) is 9.25. The zero-order valence-corrected chi connectivity index (χ0v) is 14.2. The third-order valence-electron chi connectivity index (χ3n) is 5.50. The van der Waals surface area contributed by atoms with Gasteiger partial charge in [-0.2, -0.15) is 0 Å². The molecule has 0 spiro atoms. The van der Waals surface area contributed by atoms with Gasteiger partial charge in [0.05, 0.1) is 12.7 Å². The maximum Gasteiger partial charge on any atom is 0.133 e. The van der Waals surface area contributed by atoms with Crippen molar-refractivity contribution < 1.29 is 4.74 Å². The minimum atomic E-state index is 0.277. The number of hydrogen-bond donors (Lipinski definition) is 1. The van der Waals surface area contributed by atoms with Crippen LogP contribution in [0, 0.1) is 6.92 Å². The first kappa shape index (κ1) is 15.3. The third kappa shape index (κ3) is 3.36. The first-order valence-electron chi connectivity index (χ1n) is 9.25. The van der Waals surface area contributed by atoms with Crippen LogP contribution in [0.15, 0.2) is 0 Å². The zero-order valence-electron chi connectivity index (χ0n) is 14.2. The molecule has 1 aromatic rings. The number of nitrogens with one attached hydrogen (secondary N) is 1. The molecule has 0 saturated carbocycles. The Morgan fingerprint density at radius 2 is 2.09 bits per heavy atom. The molecule has 2 saturated heterocycles. The fourth-order valence-electron chi connectivity index (χ4n) is 4.25. The molecule has 2 unspecified atom stereocenters. The Hall–Kier alpha value is -1.20. The molecule has 0 aromatic carbocycles. The van der Waals surface area contributed by atoms with Crippen LogP contribution in [0.4, 0.5) is 5.82 Å². The van der Waals surface area contributed by atoms with Crippen molar-refractivity contribution in [1.29, 1.82) is 0 Å². The van der Waals surface area contributed by atoms with Crippen LogP contribution in [0.25, 0.3) is 0 Å². The van der Waals surface area contributed by atoms with Gasteiger partial charge >= 0.3 is 0 Å². The van der Waals surface area contributed by atoms with Crippen molar-refractivity contribution in [1.82, 2.24) is 14.9 Å². The van der Waals surface area contributed by atoms with Crippen LogP contribution in [0.1, 0.15) is 49.2 Å². The lowest BCUT2D eigenvalue weighted by molar-refractivity contribution is -0.0689. The smallest absolute Gasteiger partial charge is 0.133 e. The molecule has 23 heavy (non-hydrogen) atoms. The van der Waals surface area contributed by atoms with Crippen LogP contribution < -0.4 is 5.32 Å². The summed E-state index contributed by atoms with van der Waals surface area (Å²) in [5.41, 5.74) is 2.60. The van der Waals surface area contributed by atoms with Crippen molar-refractivity contribution in [2.24, 2.45) is 0 Å². The monoisotopic (exact) mass is 316 g/mol. The molecule has 5 nitrogen and oxygen atoms in total. The normalized spacial score (nSPS) is 28.0. The lowest BCUT2D eigenvalue weighted by Gasteiger charge is -2.42. The summed E-state index contributed by atoms with van der Waals surface area (Å²) in [6, 6.07) is 0.661. The summed E-state index contributed by atoms with van der Waals surface area (Å²) in [5.74, 6) is 1.94. The van der Waals surface area contributed by atoms with E-state index in [9.17, 15) is 0 Å². The molecule has 5 heteroatoms. The Morgan fingerprint density at radius 3 is 3.04 bits per heavy atom. The summed E-state index contributed by atoms with van der Waals surface area (Å²) in [4.78, 5) is 11.9. The van der Waals surface area contributed by atoms with Crippen LogP contribution in [0.5, 0.6) is 0 Å². The van der Waals surface area contributed by atoms with E-state index in [4.69, 9.17) is 4.74 Å². The van der Waals surface area contributed by atoms with Crippen molar-refractivity contribution in [2.45, 2.75) is 64.0 Å². The number of morpholine rings is 1. The summed E-state index contributed by atoms with van der Waals surface area (Å²) in [7, 11) is 0. The number of piperidine rings is 1. The molecular weight excluding hydrogens is 288 g/mol. The highest BCUT2D eigenvalue weighted by Gasteiger charge is 2.30. The molecule has 2 aliphatic heterocycles. The number of ether oxygens (including phenoxy) is 1. The average Bonchev–Trinajstić information content (AvgIpc) is 2.59. The molecule has 2 fully saturated rings. The second kappa shape index (κ2) is 6.73. The molecule has 1 aromatic heterocycles. The highest BCUT2D eigenvalue weighted by Crippen LogP contribution is 2.26. The molecule has 0 bridgehead atoms. The summed E-state index contributed by atoms with van der Waals surface area (Å²) >= 11 is 0. The van der Waals surface area contributed by atoms with Gasteiger partial charge < -0.3 is 10.1 Å². The summed E-state index contributed by atoms with van der Waals surface area (Å²) in [6.07, 6.45) is 9.00. The lowest BCUT2D eigenvalue weighted by Crippen LogP contribution is -2.53. The molecular formula is C18H28N4O. The van der Waals surface area contributed by atoms with Gasteiger partial charge in [0.2, 0.25) is 0 Å². The van der Waals surface area contributed by atoms with E-state index in [1.807, 2.05) is 6.92 Å². The van der Waals surface area contributed by atoms with E-state index >= 15 is 0 Å². The average molecular weight is 316 g/mol. The predicted molar refractivity (Wildman–Crippen MR) is 90.9 cm³/mol. The number of rotatable bonds is 3. The third-order valence-corrected chi connectivity index (χ3v) is 5.50. The van der Waals surface area contributed by atoms with Crippen molar-refractivity contribution in [2.75, 3.05) is 31.6 Å². The van der Waals surface area contributed by atoms with E-state index in [1.54, 1.807) is 0 Å². The van der Waals surface area contributed by atoms with Crippen LogP contribution in [0.3, 0.4) is 0 Å². The van der Waals surface area contributed by atoms with Crippen molar-refractivity contribution >= 4 is 5.82 Å². The van der Waals surface area contributed by atoms with Crippen LogP contribution >= 0.6 is 0 Å². The van der Waals surface area contributed by atoms with Gasteiger partial charge in [0, 0.05) is 30.4 Å². The van der Waals surface area contributed by atoms with Gasteiger partial charge in [0.15, 0.2) is 0 Å². The van der Waals surface area contributed by atoms with Gasteiger partial charge in [-0.3, -0.25) is 4.90 Å². The second-order valence-corrected chi connectivity index (χ2v) is 7.23. The quantitative estimate of drug-likeness (QED) is 0.927. The summed E-state index contributed by atoms with van der Waals surface area (Å²) in [6.45, 7) is 6.05. The number of nitrogens with zero attached hydrogens (tertiary/aromatic N) is 3. The summed E-state index contributed by atoms with van der Waals surface area (Å²) in [5, 5.41) is 3.58. The van der Waals surface area contributed by atoms with E-state index in [-0.39, 0.29) is 6.10 Å². The lowest BCUT2D eigenvalue weighted by atomic mass is 9.96. The first-order chi connectivity index (χ1) is 11.3. The van der Waals surface area contributed by atoms with Crippen LogP contribution in [-0.2, 0) is 17.6 Å². The van der Waals surface area contributed by atoms with Gasteiger partial charge in [0.1, 0.15) is 11.6 Å². The number of fused-ring (bicyclic) bond motifs is 2. The van der Waals surface area contributed by atoms with E-state index in [0.717, 1.165) is 44.2 Å². The number of anilines is 1. The molecule has 4 rings (SSSR count). The fraction of sp³-hybridized carbons (Fsp3) is 0.778. The van der Waals surface area contributed by atoms with Gasteiger partial charge in [-0.1, -0.05) is 6.42 Å². The molecule has 2 atom stereocenters. The largest absolute Gasteiger partial charge is 0.373 e. The molecule has 0 radical (unpaired) electrons. The molecule has 3 aliphatic rings. The van der Waals surface area contributed by atoms with Gasteiger partial charge in [-0.05, 0) is 52.0 Å². The molecule has 126 valence electrons. The van der Waals surface area contributed by atoms with E-state index in [1.165, 1.54) is 49.9 Å². The number of hydrogen-bond acceptors (Lipinski definition) is 5. The summed E-state index contributed by atoms with van der Waals surface area (Å²) < 4.78 is 6.10. The number of aromatic nitrogens is 2. The fourth-order valence-corrected chi connectivity index (χ4v) is 4.25. The highest BCUT2D eigenvalue weighted by molar-refractivity contribution is 5.48. The minimum Gasteiger partial charge on any atom is -0.373 e. The Kier molecular flexibility index (Phi) is 4.49. The number of aryl methyl sites for hydroxylation is 2. The Bertz CT molecular complexity index is 562. The molecule has 1 aliphatic carbocycles. The Labute approximate surface area is 138 Å². The molecule has 0 amide bonds. The van der Waals surface area contributed by atoms with Gasteiger partial charge in [0.25, 0.3) is 0 Å². The highest BCUT2D eigenvalue weighted by atomic mass is 16.5.